The quantitative estimate of drug-likeness (QED) is 0.916. The average Bonchev–Trinajstić information content (AvgIpc) is 3.08. The van der Waals surface area contributed by atoms with Gasteiger partial charge < -0.3 is 15.1 Å². The standard InChI is InChI=1S/C18H23N3OS/c1-20-10-12-21(13-11-20)16-6-4-15(5-7-16)19-18(22)9-8-17-3-2-14-23-17/h2-7,14H,8-13H2,1H3,(H,19,22). The van der Waals surface area contributed by atoms with E-state index >= 15 is 0 Å². The Hall–Kier alpha value is -1.85. The van der Waals surface area contributed by atoms with Crippen LogP contribution in [0.2, 0.25) is 0 Å². The summed E-state index contributed by atoms with van der Waals surface area (Å²) in [5, 5.41) is 5.03. The molecule has 0 radical (unpaired) electrons. The fraction of sp³-hybridized carbons (Fsp3) is 0.389. The van der Waals surface area contributed by atoms with Crippen LogP contribution in [-0.4, -0.2) is 44.0 Å². The van der Waals surface area contributed by atoms with Gasteiger partial charge in [-0.1, -0.05) is 6.07 Å². The Labute approximate surface area is 141 Å². The molecule has 0 spiro atoms. The number of rotatable bonds is 5. The molecule has 0 atom stereocenters. The molecule has 1 fully saturated rings. The van der Waals surface area contributed by atoms with Crippen LogP contribution >= 0.6 is 11.3 Å². The first-order valence-electron chi connectivity index (χ1n) is 8.06. The van der Waals surface area contributed by atoms with Crippen molar-refractivity contribution in [3.8, 4) is 0 Å². The summed E-state index contributed by atoms with van der Waals surface area (Å²) in [6.07, 6.45) is 1.34. The normalized spacial score (nSPS) is 15.6. The number of nitrogens with one attached hydrogen (secondary N) is 1. The number of nitrogens with zero attached hydrogens (tertiary/aromatic N) is 2. The maximum Gasteiger partial charge on any atom is 0.224 e. The van der Waals surface area contributed by atoms with Crippen LogP contribution in [-0.2, 0) is 11.2 Å². The van der Waals surface area contributed by atoms with E-state index in [-0.39, 0.29) is 5.91 Å². The summed E-state index contributed by atoms with van der Waals surface area (Å²) in [7, 11) is 2.16. The van der Waals surface area contributed by atoms with E-state index in [9.17, 15) is 4.79 Å². The number of likely N-dealkylation sites (N-methyl/N-ethyl adjacent to an activating group) is 1. The first-order chi connectivity index (χ1) is 11.2. The number of anilines is 2. The van der Waals surface area contributed by atoms with Crippen molar-refractivity contribution in [3.05, 3.63) is 46.7 Å². The molecule has 1 aliphatic rings. The van der Waals surface area contributed by atoms with Gasteiger partial charge in [0.05, 0.1) is 0 Å². The van der Waals surface area contributed by atoms with Crippen LogP contribution in [0.25, 0.3) is 0 Å². The number of benzene rings is 1. The van der Waals surface area contributed by atoms with Crippen LogP contribution < -0.4 is 10.2 Å². The van der Waals surface area contributed by atoms with Gasteiger partial charge in [-0.2, -0.15) is 0 Å². The van der Waals surface area contributed by atoms with Gasteiger partial charge in [-0.25, -0.2) is 0 Å². The summed E-state index contributed by atoms with van der Waals surface area (Å²) >= 11 is 1.70. The predicted molar refractivity (Wildman–Crippen MR) is 97.4 cm³/mol. The van der Waals surface area contributed by atoms with Gasteiger partial charge >= 0.3 is 0 Å². The largest absolute Gasteiger partial charge is 0.369 e. The molecule has 5 heteroatoms. The number of carbonyl (C=O) groups excluding carboxylic acids is 1. The van der Waals surface area contributed by atoms with Gasteiger partial charge in [-0.05, 0) is 49.2 Å². The predicted octanol–water partition coefficient (Wildman–Crippen LogP) is 3.07. The maximum atomic E-state index is 12.0. The van der Waals surface area contributed by atoms with Gasteiger partial charge in [0.1, 0.15) is 0 Å². The molecular formula is C18H23N3OS. The van der Waals surface area contributed by atoms with Crippen LogP contribution in [0.1, 0.15) is 11.3 Å². The van der Waals surface area contributed by atoms with Gasteiger partial charge in [-0.15, -0.1) is 11.3 Å². The molecule has 23 heavy (non-hydrogen) atoms. The lowest BCUT2D eigenvalue weighted by atomic mass is 10.2. The number of piperazine rings is 1. The Kier molecular flexibility index (Phi) is 5.31. The van der Waals surface area contributed by atoms with Crippen molar-refractivity contribution >= 4 is 28.6 Å². The highest BCUT2D eigenvalue weighted by atomic mass is 32.1. The lowest BCUT2D eigenvalue weighted by Gasteiger charge is -2.34. The second-order valence-electron chi connectivity index (χ2n) is 5.96. The van der Waals surface area contributed by atoms with E-state index in [2.05, 4.69) is 40.4 Å². The van der Waals surface area contributed by atoms with Crippen molar-refractivity contribution in [2.75, 3.05) is 43.4 Å². The molecule has 0 saturated carbocycles. The summed E-state index contributed by atoms with van der Waals surface area (Å²) in [4.78, 5) is 18.0. The van der Waals surface area contributed by atoms with E-state index in [1.165, 1.54) is 10.6 Å². The molecule has 2 aromatic rings. The molecule has 1 aromatic heterocycles. The smallest absolute Gasteiger partial charge is 0.224 e. The second-order valence-corrected chi connectivity index (χ2v) is 7.00. The number of amides is 1. The highest BCUT2D eigenvalue weighted by molar-refractivity contribution is 7.09. The number of thiophene rings is 1. The molecule has 4 nitrogen and oxygen atoms in total. The van der Waals surface area contributed by atoms with Crippen LogP contribution in [0.15, 0.2) is 41.8 Å². The van der Waals surface area contributed by atoms with Gasteiger partial charge in [0.2, 0.25) is 5.91 Å². The minimum Gasteiger partial charge on any atom is -0.369 e. The van der Waals surface area contributed by atoms with Crippen LogP contribution in [0, 0.1) is 0 Å². The number of hydrogen-bond acceptors (Lipinski definition) is 4. The summed E-state index contributed by atoms with van der Waals surface area (Å²) in [5.41, 5.74) is 2.11. The van der Waals surface area contributed by atoms with Gasteiger partial charge in [0.15, 0.2) is 0 Å². The second kappa shape index (κ2) is 7.62. The van der Waals surface area contributed by atoms with Crippen molar-refractivity contribution in [3.63, 3.8) is 0 Å². The molecule has 1 saturated heterocycles. The Morgan fingerprint density at radius 1 is 1.13 bits per heavy atom. The Morgan fingerprint density at radius 3 is 2.52 bits per heavy atom. The fourth-order valence-corrected chi connectivity index (χ4v) is 3.44. The van der Waals surface area contributed by atoms with Crippen molar-refractivity contribution in [2.45, 2.75) is 12.8 Å². The molecule has 1 N–H and O–H groups in total. The van der Waals surface area contributed by atoms with E-state index in [0.717, 1.165) is 38.3 Å². The van der Waals surface area contributed by atoms with Crippen LogP contribution in [0.5, 0.6) is 0 Å². The van der Waals surface area contributed by atoms with Crippen molar-refractivity contribution in [1.82, 2.24) is 4.90 Å². The molecule has 2 heterocycles. The van der Waals surface area contributed by atoms with E-state index in [4.69, 9.17) is 0 Å². The number of hydrogen-bond donors (Lipinski definition) is 1. The number of carbonyl (C=O) groups is 1. The fourth-order valence-electron chi connectivity index (χ4n) is 2.74. The minimum absolute atomic E-state index is 0.0748. The molecule has 0 bridgehead atoms. The van der Waals surface area contributed by atoms with E-state index in [0.29, 0.717) is 6.42 Å². The van der Waals surface area contributed by atoms with Crippen LogP contribution in [0.3, 0.4) is 0 Å². The molecule has 122 valence electrons. The van der Waals surface area contributed by atoms with E-state index < -0.39 is 0 Å². The Morgan fingerprint density at radius 2 is 1.87 bits per heavy atom. The lowest BCUT2D eigenvalue weighted by molar-refractivity contribution is -0.116. The molecule has 0 unspecified atom stereocenters. The first-order valence-corrected chi connectivity index (χ1v) is 8.94. The van der Waals surface area contributed by atoms with Crippen molar-refractivity contribution < 1.29 is 4.79 Å². The van der Waals surface area contributed by atoms with Gasteiger partial charge in [0, 0.05) is 48.9 Å². The molecule has 1 aromatic carbocycles. The maximum absolute atomic E-state index is 12.0. The monoisotopic (exact) mass is 329 g/mol. The third kappa shape index (κ3) is 4.56. The molecule has 1 amide bonds. The van der Waals surface area contributed by atoms with Gasteiger partial charge in [0.25, 0.3) is 0 Å². The van der Waals surface area contributed by atoms with Crippen molar-refractivity contribution in [1.29, 1.82) is 0 Å². The zero-order valence-electron chi connectivity index (χ0n) is 13.5. The van der Waals surface area contributed by atoms with Gasteiger partial charge in [-0.3, -0.25) is 4.79 Å². The Balaban J connectivity index is 1.50. The Bertz CT molecular complexity index is 616. The van der Waals surface area contributed by atoms with E-state index in [1.807, 2.05) is 23.6 Å². The zero-order chi connectivity index (χ0) is 16.1. The third-order valence-electron chi connectivity index (χ3n) is 4.20. The highest BCUT2D eigenvalue weighted by Gasteiger charge is 2.14. The first kappa shape index (κ1) is 16.0. The summed E-state index contributed by atoms with van der Waals surface area (Å²) < 4.78 is 0. The van der Waals surface area contributed by atoms with Crippen molar-refractivity contribution in [2.24, 2.45) is 0 Å². The minimum atomic E-state index is 0.0748. The van der Waals surface area contributed by atoms with E-state index in [1.54, 1.807) is 11.3 Å². The molecule has 1 aliphatic heterocycles. The summed E-state index contributed by atoms with van der Waals surface area (Å²) in [5.74, 6) is 0.0748. The molecule has 3 rings (SSSR count). The van der Waals surface area contributed by atoms with Crippen LogP contribution in [0.4, 0.5) is 11.4 Å². The third-order valence-corrected chi connectivity index (χ3v) is 5.13. The summed E-state index contributed by atoms with van der Waals surface area (Å²) in [6.45, 7) is 4.31. The lowest BCUT2D eigenvalue weighted by Crippen LogP contribution is -2.44. The average molecular weight is 329 g/mol. The SMILES string of the molecule is CN1CCN(c2ccc(NC(=O)CCc3cccs3)cc2)CC1. The molecule has 0 aliphatic carbocycles. The summed E-state index contributed by atoms with van der Waals surface area (Å²) in [6, 6.07) is 12.3. The number of aryl methyl sites for hydroxylation is 1. The highest BCUT2D eigenvalue weighted by Crippen LogP contribution is 2.19. The molecular weight excluding hydrogens is 306 g/mol. The zero-order valence-corrected chi connectivity index (χ0v) is 14.3. The topological polar surface area (TPSA) is 35.6 Å².